The lowest BCUT2D eigenvalue weighted by Crippen LogP contribution is -2.42. The molecule has 7 heteroatoms. The Hall–Kier alpha value is -1.18. The summed E-state index contributed by atoms with van der Waals surface area (Å²) in [6.45, 7) is 2.53. The van der Waals surface area contributed by atoms with Gasteiger partial charge < -0.3 is 10.4 Å². The molecule has 6 nitrogen and oxygen atoms in total. The standard InChI is InChI=1S/C14H23N3O3S/c1-2-16-12-8-9-15-10-14(12)21(19,20)17-11-6-4-3-5-7-13(11)18/h8-11,13,17-18H,2-7H2,1H3,(H,15,16). The second-order valence-electron chi connectivity index (χ2n) is 5.34. The minimum atomic E-state index is -3.70. The van der Waals surface area contributed by atoms with Crippen molar-refractivity contribution in [2.24, 2.45) is 0 Å². The van der Waals surface area contributed by atoms with Crippen LogP contribution in [0, 0.1) is 0 Å². The molecule has 0 amide bonds. The predicted octanol–water partition coefficient (Wildman–Crippen LogP) is 1.49. The molecule has 2 rings (SSSR count). The predicted molar refractivity (Wildman–Crippen MR) is 81.6 cm³/mol. The monoisotopic (exact) mass is 313 g/mol. The van der Waals surface area contributed by atoms with E-state index in [1.54, 1.807) is 12.3 Å². The molecule has 1 aromatic rings. The Morgan fingerprint density at radius 3 is 2.86 bits per heavy atom. The van der Waals surface area contributed by atoms with Crippen molar-refractivity contribution in [1.29, 1.82) is 0 Å². The van der Waals surface area contributed by atoms with E-state index in [0.29, 0.717) is 25.1 Å². The molecule has 0 spiro atoms. The quantitative estimate of drug-likeness (QED) is 0.716. The second kappa shape index (κ2) is 7.20. The number of nitrogens with zero attached hydrogens (tertiary/aromatic N) is 1. The molecular formula is C14H23N3O3S. The van der Waals surface area contributed by atoms with E-state index in [9.17, 15) is 13.5 Å². The van der Waals surface area contributed by atoms with Crippen molar-refractivity contribution in [3.8, 4) is 0 Å². The van der Waals surface area contributed by atoms with Crippen LogP contribution >= 0.6 is 0 Å². The number of anilines is 1. The highest BCUT2D eigenvalue weighted by atomic mass is 32.2. The minimum absolute atomic E-state index is 0.128. The van der Waals surface area contributed by atoms with Crippen molar-refractivity contribution in [2.75, 3.05) is 11.9 Å². The van der Waals surface area contributed by atoms with Gasteiger partial charge in [0.2, 0.25) is 10.0 Å². The normalized spacial score (nSPS) is 23.5. The summed E-state index contributed by atoms with van der Waals surface area (Å²) in [4.78, 5) is 4.03. The van der Waals surface area contributed by atoms with Gasteiger partial charge in [0.1, 0.15) is 4.90 Å². The lowest BCUT2D eigenvalue weighted by molar-refractivity contribution is 0.130. The first-order valence-electron chi connectivity index (χ1n) is 7.43. The van der Waals surface area contributed by atoms with Gasteiger partial charge in [-0.3, -0.25) is 4.98 Å². The van der Waals surface area contributed by atoms with Crippen LogP contribution in [0.25, 0.3) is 0 Å². The number of nitrogens with one attached hydrogen (secondary N) is 2. The van der Waals surface area contributed by atoms with E-state index in [0.717, 1.165) is 19.3 Å². The summed E-state index contributed by atoms with van der Waals surface area (Å²) in [5.74, 6) is 0. The number of sulfonamides is 1. The van der Waals surface area contributed by atoms with Gasteiger partial charge in [0.25, 0.3) is 0 Å². The van der Waals surface area contributed by atoms with Crippen molar-refractivity contribution in [3.05, 3.63) is 18.5 Å². The van der Waals surface area contributed by atoms with Crippen LogP contribution in [-0.4, -0.2) is 37.2 Å². The van der Waals surface area contributed by atoms with E-state index >= 15 is 0 Å². The Kier molecular flexibility index (Phi) is 5.55. The summed E-state index contributed by atoms with van der Waals surface area (Å²) in [5, 5.41) is 13.1. The van der Waals surface area contributed by atoms with Crippen LogP contribution in [0.4, 0.5) is 5.69 Å². The number of aromatic nitrogens is 1. The van der Waals surface area contributed by atoms with Gasteiger partial charge >= 0.3 is 0 Å². The fourth-order valence-corrected chi connectivity index (χ4v) is 4.05. The minimum Gasteiger partial charge on any atom is -0.391 e. The SMILES string of the molecule is CCNc1ccncc1S(=O)(=O)NC1CCCCCC1O. The Bertz CT molecular complexity index is 562. The van der Waals surface area contributed by atoms with Gasteiger partial charge in [-0.15, -0.1) is 0 Å². The van der Waals surface area contributed by atoms with Gasteiger partial charge in [0.15, 0.2) is 0 Å². The molecule has 21 heavy (non-hydrogen) atoms. The first-order valence-corrected chi connectivity index (χ1v) is 8.91. The third-order valence-electron chi connectivity index (χ3n) is 3.73. The molecule has 0 radical (unpaired) electrons. The number of rotatable bonds is 5. The molecule has 118 valence electrons. The van der Waals surface area contributed by atoms with Crippen molar-refractivity contribution >= 4 is 15.7 Å². The highest BCUT2D eigenvalue weighted by Gasteiger charge is 2.28. The number of hydrogen-bond acceptors (Lipinski definition) is 5. The van der Waals surface area contributed by atoms with Crippen LogP contribution in [0.5, 0.6) is 0 Å². The summed E-state index contributed by atoms with van der Waals surface area (Å²) in [6.07, 6.45) is 6.47. The first kappa shape index (κ1) is 16.2. The fraction of sp³-hybridized carbons (Fsp3) is 0.643. The molecule has 0 bridgehead atoms. The number of aliphatic hydroxyl groups is 1. The maximum absolute atomic E-state index is 12.6. The largest absolute Gasteiger partial charge is 0.391 e. The zero-order valence-corrected chi connectivity index (χ0v) is 13.1. The number of aliphatic hydroxyl groups excluding tert-OH is 1. The Morgan fingerprint density at radius 2 is 2.10 bits per heavy atom. The Labute approximate surface area is 126 Å². The molecule has 2 atom stereocenters. The maximum Gasteiger partial charge on any atom is 0.244 e. The molecule has 1 saturated carbocycles. The molecule has 1 aliphatic carbocycles. The smallest absolute Gasteiger partial charge is 0.244 e. The summed E-state index contributed by atoms with van der Waals surface area (Å²) in [6, 6.07) is 1.22. The van der Waals surface area contributed by atoms with Crippen molar-refractivity contribution in [3.63, 3.8) is 0 Å². The van der Waals surface area contributed by atoms with E-state index in [2.05, 4.69) is 15.0 Å². The second-order valence-corrected chi connectivity index (χ2v) is 7.02. The lowest BCUT2D eigenvalue weighted by Gasteiger charge is -2.22. The lowest BCUT2D eigenvalue weighted by atomic mass is 10.1. The molecule has 0 aromatic carbocycles. The third-order valence-corrected chi connectivity index (χ3v) is 5.24. The van der Waals surface area contributed by atoms with Gasteiger partial charge in [0.05, 0.1) is 11.8 Å². The first-order chi connectivity index (χ1) is 10.0. The number of hydrogen-bond donors (Lipinski definition) is 3. The van der Waals surface area contributed by atoms with E-state index in [1.165, 1.54) is 6.20 Å². The van der Waals surface area contributed by atoms with Crippen LogP contribution in [0.1, 0.15) is 39.0 Å². The maximum atomic E-state index is 12.6. The molecule has 1 fully saturated rings. The van der Waals surface area contributed by atoms with E-state index in [-0.39, 0.29) is 4.90 Å². The van der Waals surface area contributed by atoms with Crippen molar-refractivity contribution in [1.82, 2.24) is 9.71 Å². The Morgan fingerprint density at radius 1 is 1.33 bits per heavy atom. The van der Waals surface area contributed by atoms with Crippen molar-refractivity contribution in [2.45, 2.75) is 56.1 Å². The molecule has 0 aliphatic heterocycles. The Balaban J connectivity index is 2.21. The fourth-order valence-electron chi connectivity index (χ4n) is 2.62. The molecule has 1 aromatic heterocycles. The summed E-state index contributed by atoms with van der Waals surface area (Å²) in [7, 11) is -3.70. The summed E-state index contributed by atoms with van der Waals surface area (Å²) < 4.78 is 27.7. The van der Waals surface area contributed by atoms with E-state index in [4.69, 9.17) is 0 Å². The van der Waals surface area contributed by atoms with E-state index < -0.39 is 22.2 Å². The van der Waals surface area contributed by atoms with Crippen LogP contribution in [-0.2, 0) is 10.0 Å². The summed E-state index contributed by atoms with van der Waals surface area (Å²) in [5.41, 5.74) is 0.531. The molecule has 1 aliphatic rings. The molecule has 2 unspecified atom stereocenters. The highest BCUT2D eigenvalue weighted by Crippen LogP contribution is 2.23. The van der Waals surface area contributed by atoms with E-state index in [1.807, 2.05) is 6.92 Å². The number of pyridine rings is 1. The van der Waals surface area contributed by atoms with Gasteiger partial charge in [0, 0.05) is 25.0 Å². The molecular weight excluding hydrogens is 290 g/mol. The average molecular weight is 313 g/mol. The van der Waals surface area contributed by atoms with Crippen LogP contribution in [0.2, 0.25) is 0 Å². The van der Waals surface area contributed by atoms with Gasteiger partial charge in [-0.05, 0) is 25.8 Å². The zero-order valence-electron chi connectivity index (χ0n) is 12.2. The average Bonchev–Trinajstić information content (AvgIpc) is 2.65. The van der Waals surface area contributed by atoms with Crippen LogP contribution in [0.15, 0.2) is 23.4 Å². The molecule has 1 heterocycles. The zero-order chi connectivity index (χ0) is 15.3. The van der Waals surface area contributed by atoms with Gasteiger partial charge in [-0.2, -0.15) is 0 Å². The molecule has 3 N–H and O–H groups in total. The van der Waals surface area contributed by atoms with Gasteiger partial charge in [-0.25, -0.2) is 13.1 Å². The van der Waals surface area contributed by atoms with Gasteiger partial charge in [-0.1, -0.05) is 19.3 Å². The third kappa shape index (κ3) is 4.15. The van der Waals surface area contributed by atoms with Crippen molar-refractivity contribution < 1.29 is 13.5 Å². The molecule has 0 saturated heterocycles. The van der Waals surface area contributed by atoms with Crippen LogP contribution in [0.3, 0.4) is 0 Å². The summed E-state index contributed by atoms with van der Waals surface area (Å²) >= 11 is 0. The topological polar surface area (TPSA) is 91.3 Å². The van der Waals surface area contributed by atoms with Crippen LogP contribution < -0.4 is 10.0 Å². The highest BCUT2D eigenvalue weighted by molar-refractivity contribution is 7.89.